The Labute approximate surface area is 133 Å². The molecule has 0 atom stereocenters. The van der Waals surface area contributed by atoms with Crippen molar-refractivity contribution in [3.05, 3.63) is 35.4 Å². The van der Waals surface area contributed by atoms with Crippen molar-refractivity contribution in [3.8, 4) is 0 Å². The van der Waals surface area contributed by atoms with E-state index in [2.05, 4.69) is 53.7 Å². The second-order valence-corrected chi connectivity index (χ2v) is 4.10. The molecule has 1 rings (SSSR count). The van der Waals surface area contributed by atoms with Crippen LogP contribution < -0.4 is 10.6 Å². The normalized spacial score (nSPS) is 10.8. The van der Waals surface area contributed by atoms with Gasteiger partial charge in [-0.25, -0.2) is 4.99 Å². The van der Waals surface area contributed by atoms with Crippen molar-refractivity contribution in [2.24, 2.45) is 4.99 Å². The number of guanidine groups is 1. The fourth-order valence-corrected chi connectivity index (χ4v) is 1.59. The molecule has 0 aliphatic heterocycles. The fraction of sp³-hybridized carbons (Fsp3) is 0.500. The summed E-state index contributed by atoms with van der Waals surface area (Å²) in [4.78, 5) is 4.54. The van der Waals surface area contributed by atoms with E-state index in [4.69, 9.17) is 4.74 Å². The number of ether oxygens (including phenoxy) is 1. The Morgan fingerprint density at radius 2 is 2.11 bits per heavy atom. The summed E-state index contributed by atoms with van der Waals surface area (Å²) in [5, 5.41) is 6.43. The topological polar surface area (TPSA) is 45.7 Å². The standard InChI is InChI=1S/C14H23N3O.HI/c1-4-15-14(16-8-9-18-3)17-11-13-7-5-6-12(2)10-13;/h5-7,10H,4,8-9,11H2,1-3H3,(H2,15,16,17);1H. The number of methoxy groups -OCH3 is 1. The number of aryl methyl sites for hydroxylation is 1. The zero-order valence-electron chi connectivity index (χ0n) is 11.9. The Balaban J connectivity index is 0.00000324. The number of nitrogens with one attached hydrogen (secondary N) is 2. The van der Waals surface area contributed by atoms with Gasteiger partial charge >= 0.3 is 0 Å². The van der Waals surface area contributed by atoms with Crippen LogP contribution >= 0.6 is 24.0 Å². The van der Waals surface area contributed by atoms with Gasteiger partial charge in [0, 0.05) is 20.2 Å². The van der Waals surface area contributed by atoms with Crippen LogP contribution in [0.2, 0.25) is 0 Å². The second-order valence-electron chi connectivity index (χ2n) is 4.10. The van der Waals surface area contributed by atoms with Crippen LogP contribution in [-0.4, -0.2) is 32.8 Å². The summed E-state index contributed by atoms with van der Waals surface area (Å²) in [5.74, 6) is 0.830. The highest BCUT2D eigenvalue weighted by molar-refractivity contribution is 14.0. The Morgan fingerprint density at radius 1 is 1.32 bits per heavy atom. The molecule has 0 saturated carbocycles. The highest BCUT2D eigenvalue weighted by Crippen LogP contribution is 2.04. The van der Waals surface area contributed by atoms with Crippen LogP contribution in [0.25, 0.3) is 0 Å². The maximum Gasteiger partial charge on any atom is 0.191 e. The lowest BCUT2D eigenvalue weighted by molar-refractivity contribution is 0.203. The Kier molecular flexibility index (Phi) is 10.6. The van der Waals surface area contributed by atoms with Crippen LogP contribution in [0.5, 0.6) is 0 Å². The summed E-state index contributed by atoms with van der Waals surface area (Å²) in [6.07, 6.45) is 0. The summed E-state index contributed by atoms with van der Waals surface area (Å²) in [6.45, 7) is 7.12. The Hall–Kier alpha value is -0.820. The van der Waals surface area contributed by atoms with Gasteiger partial charge in [-0.3, -0.25) is 0 Å². The smallest absolute Gasteiger partial charge is 0.191 e. The molecule has 4 nitrogen and oxygen atoms in total. The van der Waals surface area contributed by atoms with Crippen molar-refractivity contribution < 1.29 is 4.74 Å². The first-order chi connectivity index (χ1) is 8.76. The Morgan fingerprint density at radius 3 is 2.74 bits per heavy atom. The lowest BCUT2D eigenvalue weighted by atomic mass is 10.1. The van der Waals surface area contributed by atoms with Crippen molar-refractivity contribution in [1.82, 2.24) is 10.6 Å². The maximum atomic E-state index is 5.00. The molecule has 0 aliphatic rings. The first kappa shape index (κ1) is 18.2. The monoisotopic (exact) mass is 377 g/mol. The van der Waals surface area contributed by atoms with E-state index < -0.39 is 0 Å². The molecule has 0 aliphatic carbocycles. The number of aliphatic imine (C=N–C) groups is 1. The van der Waals surface area contributed by atoms with Gasteiger partial charge in [-0.15, -0.1) is 24.0 Å². The highest BCUT2D eigenvalue weighted by Gasteiger charge is 1.97. The third-order valence-electron chi connectivity index (χ3n) is 2.45. The van der Waals surface area contributed by atoms with Gasteiger partial charge in [0.2, 0.25) is 0 Å². The SMILES string of the molecule is CCNC(=NCc1cccc(C)c1)NCCOC.I. The number of benzene rings is 1. The van der Waals surface area contributed by atoms with E-state index in [0.29, 0.717) is 13.2 Å². The zero-order valence-corrected chi connectivity index (χ0v) is 14.2. The van der Waals surface area contributed by atoms with E-state index in [-0.39, 0.29) is 24.0 Å². The summed E-state index contributed by atoms with van der Waals surface area (Å²) in [5.41, 5.74) is 2.49. The molecular formula is C14H24IN3O. The molecular weight excluding hydrogens is 353 g/mol. The summed E-state index contributed by atoms with van der Waals surface area (Å²) < 4.78 is 5.00. The van der Waals surface area contributed by atoms with Crippen molar-refractivity contribution in [2.45, 2.75) is 20.4 Å². The van der Waals surface area contributed by atoms with E-state index in [1.165, 1.54) is 11.1 Å². The second kappa shape index (κ2) is 11.0. The predicted molar refractivity (Wildman–Crippen MR) is 91.3 cm³/mol. The third kappa shape index (κ3) is 8.05. The van der Waals surface area contributed by atoms with E-state index >= 15 is 0 Å². The summed E-state index contributed by atoms with van der Waals surface area (Å²) >= 11 is 0. The van der Waals surface area contributed by atoms with Gasteiger partial charge in [0.25, 0.3) is 0 Å². The van der Waals surface area contributed by atoms with Gasteiger partial charge in [0.15, 0.2) is 5.96 Å². The summed E-state index contributed by atoms with van der Waals surface area (Å²) in [7, 11) is 1.69. The minimum atomic E-state index is 0. The number of nitrogens with zero attached hydrogens (tertiary/aromatic N) is 1. The highest BCUT2D eigenvalue weighted by atomic mass is 127. The third-order valence-corrected chi connectivity index (χ3v) is 2.45. The van der Waals surface area contributed by atoms with E-state index in [1.54, 1.807) is 7.11 Å². The fourth-order valence-electron chi connectivity index (χ4n) is 1.59. The van der Waals surface area contributed by atoms with Crippen LogP contribution in [0.4, 0.5) is 0 Å². The lowest BCUT2D eigenvalue weighted by Gasteiger charge is -2.10. The molecule has 1 aromatic carbocycles. The van der Waals surface area contributed by atoms with Crippen LogP contribution in [-0.2, 0) is 11.3 Å². The van der Waals surface area contributed by atoms with Crippen molar-refractivity contribution >= 4 is 29.9 Å². The number of rotatable bonds is 6. The van der Waals surface area contributed by atoms with Gasteiger partial charge < -0.3 is 15.4 Å². The molecule has 0 aromatic heterocycles. The van der Waals surface area contributed by atoms with Crippen LogP contribution in [0.15, 0.2) is 29.3 Å². The molecule has 0 spiro atoms. The first-order valence-electron chi connectivity index (χ1n) is 6.33. The van der Waals surface area contributed by atoms with Gasteiger partial charge in [0.05, 0.1) is 13.2 Å². The number of hydrogen-bond acceptors (Lipinski definition) is 2. The summed E-state index contributed by atoms with van der Waals surface area (Å²) in [6, 6.07) is 8.40. The molecule has 0 bridgehead atoms. The van der Waals surface area contributed by atoms with Gasteiger partial charge in [-0.05, 0) is 19.4 Å². The lowest BCUT2D eigenvalue weighted by Crippen LogP contribution is -2.38. The molecule has 19 heavy (non-hydrogen) atoms. The van der Waals surface area contributed by atoms with Gasteiger partial charge in [-0.1, -0.05) is 29.8 Å². The van der Waals surface area contributed by atoms with Crippen molar-refractivity contribution in [1.29, 1.82) is 0 Å². The quantitative estimate of drug-likeness (QED) is 0.346. The molecule has 2 N–H and O–H groups in total. The molecule has 0 heterocycles. The molecule has 0 radical (unpaired) electrons. The largest absolute Gasteiger partial charge is 0.383 e. The number of hydrogen-bond donors (Lipinski definition) is 2. The minimum Gasteiger partial charge on any atom is -0.383 e. The average Bonchev–Trinajstić information content (AvgIpc) is 2.36. The molecule has 0 unspecified atom stereocenters. The van der Waals surface area contributed by atoms with Crippen molar-refractivity contribution in [2.75, 3.05) is 26.8 Å². The minimum absolute atomic E-state index is 0. The Bertz CT molecular complexity index is 383. The molecule has 1 aromatic rings. The van der Waals surface area contributed by atoms with E-state index in [0.717, 1.165) is 19.0 Å². The predicted octanol–water partition coefficient (Wildman–Crippen LogP) is 2.31. The maximum absolute atomic E-state index is 5.00. The first-order valence-corrected chi connectivity index (χ1v) is 6.33. The molecule has 108 valence electrons. The van der Waals surface area contributed by atoms with E-state index in [9.17, 15) is 0 Å². The van der Waals surface area contributed by atoms with Crippen molar-refractivity contribution in [3.63, 3.8) is 0 Å². The van der Waals surface area contributed by atoms with E-state index in [1.807, 2.05) is 0 Å². The number of halogens is 1. The van der Waals surface area contributed by atoms with Gasteiger partial charge in [0.1, 0.15) is 0 Å². The molecule has 5 heteroatoms. The van der Waals surface area contributed by atoms with Crippen LogP contribution in [0.3, 0.4) is 0 Å². The molecule has 0 saturated heterocycles. The van der Waals surface area contributed by atoms with Crippen LogP contribution in [0.1, 0.15) is 18.1 Å². The average molecular weight is 377 g/mol. The zero-order chi connectivity index (χ0) is 13.2. The van der Waals surface area contributed by atoms with Crippen LogP contribution in [0, 0.1) is 6.92 Å². The van der Waals surface area contributed by atoms with Gasteiger partial charge in [-0.2, -0.15) is 0 Å². The molecule has 0 fully saturated rings. The molecule has 0 amide bonds.